The van der Waals surface area contributed by atoms with Gasteiger partial charge in [0.15, 0.2) is 5.75 Å². The molecular formula is C32H37N3O4. The highest BCUT2D eigenvalue weighted by Crippen LogP contribution is 2.34. The van der Waals surface area contributed by atoms with E-state index in [-0.39, 0.29) is 11.9 Å². The predicted molar refractivity (Wildman–Crippen MR) is 155 cm³/mol. The molecular weight excluding hydrogens is 490 g/mol. The maximum atomic E-state index is 12.9. The SMILES string of the molecule is Cc1ccc(Oc2ccc(OCCCCCCOc3cc4c(cc3C)C(=O)N3CCC[C@H]3C=N4)cc2N)cc1. The molecule has 1 amide bonds. The largest absolute Gasteiger partial charge is 0.494 e. The van der Waals surface area contributed by atoms with Crippen molar-refractivity contribution in [3.8, 4) is 23.0 Å². The van der Waals surface area contributed by atoms with Crippen molar-refractivity contribution in [2.45, 2.75) is 58.4 Å². The minimum absolute atomic E-state index is 0.0797. The molecule has 7 nitrogen and oxygen atoms in total. The summed E-state index contributed by atoms with van der Waals surface area (Å²) in [5, 5.41) is 0. The van der Waals surface area contributed by atoms with E-state index in [1.807, 2.05) is 79.6 Å². The molecule has 0 bridgehead atoms. The molecule has 5 rings (SSSR count). The lowest BCUT2D eigenvalue weighted by Gasteiger charge is -2.20. The average molecular weight is 528 g/mol. The maximum Gasteiger partial charge on any atom is 0.256 e. The number of carbonyl (C=O) groups is 1. The van der Waals surface area contributed by atoms with Crippen molar-refractivity contribution in [2.24, 2.45) is 4.99 Å². The molecule has 2 aliphatic rings. The van der Waals surface area contributed by atoms with Crippen molar-refractivity contribution >= 4 is 23.5 Å². The fourth-order valence-corrected chi connectivity index (χ4v) is 5.00. The number of aryl methyl sites for hydroxylation is 2. The molecule has 7 heteroatoms. The van der Waals surface area contributed by atoms with Crippen LogP contribution in [0.25, 0.3) is 0 Å². The van der Waals surface area contributed by atoms with Gasteiger partial charge in [0, 0.05) is 24.9 Å². The number of amides is 1. The first-order valence-corrected chi connectivity index (χ1v) is 13.9. The highest BCUT2D eigenvalue weighted by Gasteiger charge is 2.32. The number of anilines is 1. The molecule has 3 aromatic rings. The van der Waals surface area contributed by atoms with E-state index in [1.165, 1.54) is 5.56 Å². The number of benzene rings is 3. The van der Waals surface area contributed by atoms with Gasteiger partial charge in [-0.2, -0.15) is 0 Å². The van der Waals surface area contributed by atoms with Gasteiger partial charge in [-0.3, -0.25) is 9.79 Å². The molecule has 0 aromatic heterocycles. The normalized spacial score (nSPS) is 16.0. The molecule has 0 aliphatic carbocycles. The Morgan fingerprint density at radius 2 is 1.64 bits per heavy atom. The number of nitrogens with two attached hydrogens (primary N) is 1. The first kappa shape index (κ1) is 26.6. The Balaban J connectivity index is 1.01. The Morgan fingerprint density at radius 1 is 0.897 bits per heavy atom. The van der Waals surface area contributed by atoms with Crippen LogP contribution in [-0.2, 0) is 0 Å². The van der Waals surface area contributed by atoms with E-state index in [4.69, 9.17) is 19.9 Å². The van der Waals surface area contributed by atoms with Crippen LogP contribution >= 0.6 is 0 Å². The highest BCUT2D eigenvalue weighted by atomic mass is 16.5. The lowest BCUT2D eigenvalue weighted by atomic mass is 10.1. The van der Waals surface area contributed by atoms with Crippen molar-refractivity contribution in [3.05, 3.63) is 71.3 Å². The van der Waals surface area contributed by atoms with Crippen LogP contribution in [0, 0.1) is 13.8 Å². The van der Waals surface area contributed by atoms with E-state index in [0.29, 0.717) is 35.9 Å². The number of hydrogen-bond acceptors (Lipinski definition) is 6. The van der Waals surface area contributed by atoms with E-state index in [1.54, 1.807) is 0 Å². The van der Waals surface area contributed by atoms with Crippen molar-refractivity contribution in [1.82, 2.24) is 4.90 Å². The van der Waals surface area contributed by atoms with Gasteiger partial charge < -0.3 is 24.8 Å². The third-order valence-electron chi connectivity index (χ3n) is 7.26. The summed E-state index contributed by atoms with van der Waals surface area (Å²) in [4.78, 5) is 19.5. The predicted octanol–water partition coefficient (Wildman–Crippen LogP) is 7.02. The molecule has 0 radical (unpaired) electrons. The number of rotatable bonds is 11. The van der Waals surface area contributed by atoms with Crippen LogP contribution in [0.4, 0.5) is 11.4 Å². The number of aliphatic imine (C=N–C) groups is 1. The van der Waals surface area contributed by atoms with E-state index in [0.717, 1.165) is 67.9 Å². The monoisotopic (exact) mass is 527 g/mol. The van der Waals surface area contributed by atoms with Gasteiger partial charge in [0.1, 0.15) is 17.2 Å². The van der Waals surface area contributed by atoms with Crippen molar-refractivity contribution in [3.63, 3.8) is 0 Å². The second-order valence-corrected chi connectivity index (χ2v) is 10.3. The quantitative estimate of drug-likeness (QED) is 0.214. The molecule has 204 valence electrons. The number of unbranched alkanes of at least 4 members (excludes halogenated alkanes) is 3. The molecule has 1 atom stereocenters. The Morgan fingerprint density at radius 3 is 2.41 bits per heavy atom. The minimum atomic E-state index is 0.0797. The molecule has 39 heavy (non-hydrogen) atoms. The molecule has 0 saturated carbocycles. The van der Waals surface area contributed by atoms with Crippen LogP contribution in [-0.4, -0.2) is 42.8 Å². The van der Waals surface area contributed by atoms with E-state index in [9.17, 15) is 4.79 Å². The Bertz CT molecular complexity index is 1340. The number of fused-ring (bicyclic) bond motifs is 2. The number of carbonyl (C=O) groups excluding carboxylic acids is 1. The van der Waals surface area contributed by atoms with Crippen LogP contribution < -0.4 is 19.9 Å². The standard InChI is InChI=1S/C32H37N3O4/c1-22-9-11-25(12-10-22)39-30-14-13-26(19-28(30)33)37-16-5-3-4-6-17-38-31-20-29-27(18-23(31)2)32(36)35-15-7-8-24(35)21-34-29/h9-14,18-21,24H,3-8,15-17,33H2,1-2H3/t24-/m0/s1. The van der Waals surface area contributed by atoms with Gasteiger partial charge in [-0.05, 0) is 88.3 Å². The summed E-state index contributed by atoms with van der Waals surface area (Å²) in [6.45, 7) is 6.10. The van der Waals surface area contributed by atoms with Crippen LogP contribution in [0.5, 0.6) is 23.0 Å². The lowest BCUT2D eigenvalue weighted by Crippen LogP contribution is -2.35. The third kappa shape index (κ3) is 6.53. The third-order valence-corrected chi connectivity index (χ3v) is 7.26. The summed E-state index contributed by atoms with van der Waals surface area (Å²) in [6, 6.07) is 17.4. The van der Waals surface area contributed by atoms with E-state index in [2.05, 4.69) is 4.99 Å². The van der Waals surface area contributed by atoms with E-state index >= 15 is 0 Å². The van der Waals surface area contributed by atoms with Gasteiger partial charge in [-0.15, -0.1) is 0 Å². The molecule has 2 heterocycles. The molecule has 2 aliphatic heterocycles. The van der Waals surface area contributed by atoms with Crippen molar-refractivity contribution < 1.29 is 19.0 Å². The Hall–Kier alpha value is -4.00. The first-order chi connectivity index (χ1) is 19.0. The summed E-state index contributed by atoms with van der Waals surface area (Å²) in [7, 11) is 0. The zero-order valence-electron chi connectivity index (χ0n) is 22.8. The number of nitrogens with zero attached hydrogens (tertiary/aromatic N) is 2. The Labute approximate surface area is 230 Å². The second kappa shape index (κ2) is 12.2. The van der Waals surface area contributed by atoms with Crippen LogP contribution in [0.3, 0.4) is 0 Å². The maximum absolute atomic E-state index is 12.9. The molecule has 3 aromatic carbocycles. The van der Waals surface area contributed by atoms with Crippen molar-refractivity contribution in [1.29, 1.82) is 0 Å². The van der Waals surface area contributed by atoms with Crippen molar-refractivity contribution in [2.75, 3.05) is 25.5 Å². The molecule has 1 fully saturated rings. The summed E-state index contributed by atoms with van der Waals surface area (Å²) < 4.78 is 17.8. The fourth-order valence-electron chi connectivity index (χ4n) is 5.00. The van der Waals surface area contributed by atoms with Gasteiger partial charge >= 0.3 is 0 Å². The van der Waals surface area contributed by atoms with E-state index < -0.39 is 0 Å². The van der Waals surface area contributed by atoms with Crippen LogP contribution in [0.1, 0.15) is 60.0 Å². The van der Waals surface area contributed by atoms with Gasteiger partial charge in [-0.1, -0.05) is 17.7 Å². The lowest BCUT2D eigenvalue weighted by molar-refractivity contribution is 0.0774. The molecule has 0 unspecified atom stereocenters. The van der Waals surface area contributed by atoms with Crippen LogP contribution in [0.2, 0.25) is 0 Å². The Kier molecular flexibility index (Phi) is 8.35. The van der Waals surface area contributed by atoms with Gasteiger partial charge in [0.05, 0.1) is 36.2 Å². The minimum Gasteiger partial charge on any atom is -0.494 e. The van der Waals surface area contributed by atoms with Gasteiger partial charge in [-0.25, -0.2) is 0 Å². The summed E-state index contributed by atoms with van der Waals surface area (Å²) >= 11 is 0. The summed E-state index contributed by atoms with van der Waals surface area (Å²) in [5.74, 6) is 3.00. The van der Waals surface area contributed by atoms with Crippen LogP contribution in [0.15, 0.2) is 59.6 Å². The zero-order chi connectivity index (χ0) is 27.2. The smallest absolute Gasteiger partial charge is 0.256 e. The number of nitrogen functional groups attached to an aromatic ring is 1. The highest BCUT2D eigenvalue weighted by molar-refractivity contribution is 6.03. The molecule has 1 saturated heterocycles. The summed E-state index contributed by atoms with van der Waals surface area (Å²) in [6.07, 6.45) is 7.94. The first-order valence-electron chi connectivity index (χ1n) is 13.9. The fraction of sp³-hybridized carbons (Fsp3) is 0.375. The summed E-state index contributed by atoms with van der Waals surface area (Å²) in [5.41, 5.74) is 10.3. The molecule has 2 N–H and O–H groups in total. The zero-order valence-corrected chi connectivity index (χ0v) is 22.8. The average Bonchev–Trinajstić information content (AvgIpc) is 3.36. The molecule has 0 spiro atoms. The number of ether oxygens (including phenoxy) is 3. The van der Waals surface area contributed by atoms with Gasteiger partial charge in [0.25, 0.3) is 5.91 Å². The second-order valence-electron chi connectivity index (χ2n) is 10.3. The number of hydrogen-bond donors (Lipinski definition) is 1. The topological polar surface area (TPSA) is 86.4 Å². The van der Waals surface area contributed by atoms with Gasteiger partial charge in [0.2, 0.25) is 0 Å².